The van der Waals surface area contributed by atoms with Gasteiger partial charge in [0.25, 0.3) is 0 Å². The Hall–Kier alpha value is -0.590. The quantitative estimate of drug-likeness (QED) is 0.422. The second-order valence-electron chi connectivity index (χ2n) is 2.48. The zero-order valence-corrected chi connectivity index (χ0v) is 6.81. The van der Waals surface area contributed by atoms with Crippen molar-refractivity contribution in [2.75, 3.05) is 0 Å². The fourth-order valence-corrected chi connectivity index (χ4v) is 0.755. The van der Waals surface area contributed by atoms with Crippen molar-refractivity contribution in [1.82, 2.24) is 0 Å². The lowest BCUT2D eigenvalue weighted by atomic mass is 10.1. The molecule has 10 heavy (non-hydrogen) atoms. The predicted octanol–water partition coefficient (Wildman–Crippen LogP) is 2.62. The molecule has 0 aliphatic rings. The van der Waals surface area contributed by atoms with Crippen molar-refractivity contribution < 1.29 is 4.79 Å². The Balaban J connectivity index is 3.24. The molecule has 1 heteroatoms. The maximum atomic E-state index is 9.98. The van der Waals surface area contributed by atoms with Gasteiger partial charge in [-0.1, -0.05) is 25.8 Å². The van der Waals surface area contributed by atoms with Crippen LogP contribution in [0.3, 0.4) is 0 Å². The first-order valence-electron chi connectivity index (χ1n) is 3.86. The molecule has 0 unspecified atom stereocenters. The van der Waals surface area contributed by atoms with E-state index in [2.05, 4.69) is 6.92 Å². The lowest BCUT2D eigenvalue weighted by Gasteiger charge is -1.91. The summed E-state index contributed by atoms with van der Waals surface area (Å²) in [6.07, 6.45) is 8.50. The van der Waals surface area contributed by atoms with Gasteiger partial charge < -0.3 is 0 Å². The van der Waals surface area contributed by atoms with Gasteiger partial charge in [0.2, 0.25) is 6.29 Å². The molecule has 0 aromatic rings. The van der Waals surface area contributed by atoms with E-state index in [1.165, 1.54) is 19.3 Å². The molecule has 1 radical (unpaired) electrons. The normalized spacial score (nSPS) is 11.6. The van der Waals surface area contributed by atoms with Crippen LogP contribution in [-0.2, 0) is 4.79 Å². The zero-order chi connectivity index (χ0) is 7.82. The fraction of sp³-hybridized carbons (Fsp3) is 0.667. The summed E-state index contributed by atoms with van der Waals surface area (Å²) < 4.78 is 0. The average Bonchev–Trinajstić information content (AvgIpc) is 1.98. The Morgan fingerprint density at radius 3 is 2.70 bits per heavy atom. The Kier molecular flexibility index (Phi) is 6.14. The highest BCUT2D eigenvalue weighted by molar-refractivity contribution is 5.72. The molecule has 0 aliphatic carbocycles. The molecule has 0 aromatic heterocycles. The van der Waals surface area contributed by atoms with Gasteiger partial charge in [-0.2, -0.15) is 0 Å². The largest absolute Gasteiger partial charge is 0.285 e. The van der Waals surface area contributed by atoms with Crippen molar-refractivity contribution in [2.24, 2.45) is 0 Å². The van der Waals surface area contributed by atoms with Crippen LogP contribution < -0.4 is 0 Å². The van der Waals surface area contributed by atoms with E-state index in [9.17, 15) is 4.79 Å². The molecular weight excluding hydrogens is 124 g/mol. The van der Waals surface area contributed by atoms with Gasteiger partial charge in [0.1, 0.15) is 0 Å². The van der Waals surface area contributed by atoms with E-state index in [4.69, 9.17) is 0 Å². The Labute approximate surface area is 63.1 Å². The van der Waals surface area contributed by atoms with E-state index in [1.54, 1.807) is 6.92 Å². The number of allylic oxidation sites excluding steroid dienone is 2. The van der Waals surface area contributed by atoms with E-state index in [0.29, 0.717) is 0 Å². The molecule has 0 bridgehead atoms. The van der Waals surface area contributed by atoms with Gasteiger partial charge in [-0.15, -0.1) is 0 Å². The van der Waals surface area contributed by atoms with Crippen LogP contribution in [0.2, 0.25) is 0 Å². The minimum atomic E-state index is 0.733. The lowest BCUT2D eigenvalue weighted by molar-refractivity contribution is 0.561. The first kappa shape index (κ1) is 9.41. The Morgan fingerprint density at radius 1 is 1.50 bits per heavy atom. The topological polar surface area (TPSA) is 17.1 Å². The van der Waals surface area contributed by atoms with Crippen LogP contribution in [-0.4, -0.2) is 6.29 Å². The van der Waals surface area contributed by atoms with Gasteiger partial charge in [-0.05, 0) is 25.3 Å². The third-order valence-corrected chi connectivity index (χ3v) is 1.42. The van der Waals surface area contributed by atoms with Crippen molar-refractivity contribution in [3.8, 4) is 0 Å². The van der Waals surface area contributed by atoms with E-state index in [-0.39, 0.29) is 0 Å². The Bertz CT molecular complexity index is 114. The summed E-state index contributed by atoms with van der Waals surface area (Å²) in [6.45, 7) is 3.96. The summed E-state index contributed by atoms with van der Waals surface area (Å²) in [6, 6.07) is 0. The number of rotatable bonds is 5. The van der Waals surface area contributed by atoms with Gasteiger partial charge >= 0.3 is 0 Å². The summed E-state index contributed by atoms with van der Waals surface area (Å²) in [5.41, 5.74) is 0.733. The molecule has 0 aliphatic heterocycles. The maximum absolute atomic E-state index is 9.98. The molecule has 1 nitrogen and oxygen atoms in total. The number of hydrogen-bond donors (Lipinski definition) is 0. The molecule has 0 spiro atoms. The number of carbonyl (C=O) groups excluding carboxylic acids is 1. The second kappa shape index (κ2) is 6.53. The smallest absolute Gasteiger partial charge is 0.228 e. The van der Waals surface area contributed by atoms with Crippen molar-refractivity contribution in [1.29, 1.82) is 0 Å². The van der Waals surface area contributed by atoms with Gasteiger partial charge in [0.15, 0.2) is 0 Å². The molecule has 57 valence electrons. The van der Waals surface area contributed by atoms with Gasteiger partial charge in [0, 0.05) is 0 Å². The fourth-order valence-electron chi connectivity index (χ4n) is 0.755. The second-order valence-corrected chi connectivity index (χ2v) is 2.48. The highest BCUT2D eigenvalue weighted by Crippen LogP contribution is 2.01. The SMILES string of the molecule is CCCCCC=C(C)[C]=O. The van der Waals surface area contributed by atoms with Crippen LogP contribution in [0, 0.1) is 0 Å². The van der Waals surface area contributed by atoms with Crippen LogP contribution in [0.25, 0.3) is 0 Å². The molecule has 0 amide bonds. The molecule has 0 aromatic carbocycles. The summed E-state index contributed by atoms with van der Waals surface area (Å²) in [5, 5.41) is 0. The molecule has 0 heterocycles. The molecule has 0 saturated heterocycles. The summed E-state index contributed by atoms with van der Waals surface area (Å²) in [4.78, 5) is 9.98. The van der Waals surface area contributed by atoms with Gasteiger partial charge in [0.05, 0.1) is 0 Å². The average molecular weight is 139 g/mol. The van der Waals surface area contributed by atoms with E-state index in [0.717, 1.165) is 12.0 Å². The number of hydrogen-bond acceptors (Lipinski definition) is 1. The van der Waals surface area contributed by atoms with E-state index in [1.807, 2.05) is 12.4 Å². The predicted molar refractivity (Wildman–Crippen MR) is 43.6 cm³/mol. The van der Waals surface area contributed by atoms with Crippen LogP contribution in [0.1, 0.15) is 39.5 Å². The van der Waals surface area contributed by atoms with Crippen LogP contribution in [0.5, 0.6) is 0 Å². The van der Waals surface area contributed by atoms with Crippen molar-refractivity contribution in [3.05, 3.63) is 11.6 Å². The van der Waals surface area contributed by atoms with Crippen LogP contribution >= 0.6 is 0 Å². The highest BCUT2D eigenvalue weighted by Gasteiger charge is 1.85. The summed E-state index contributed by atoms with van der Waals surface area (Å²) in [7, 11) is 0. The van der Waals surface area contributed by atoms with Crippen molar-refractivity contribution in [3.63, 3.8) is 0 Å². The summed E-state index contributed by atoms with van der Waals surface area (Å²) >= 11 is 0. The summed E-state index contributed by atoms with van der Waals surface area (Å²) in [5.74, 6) is 0. The van der Waals surface area contributed by atoms with Crippen molar-refractivity contribution in [2.45, 2.75) is 39.5 Å². The minimum absolute atomic E-state index is 0.733. The van der Waals surface area contributed by atoms with Crippen LogP contribution in [0.4, 0.5) is 0 Å². The Morgan fingerprint density at radius 2 is 2.20 bits per heavy atom. The zero-order valence-electron chi connectivity index (χ0n) is 6.81. The third kappa shape index (κ3) is 5.54. The molecular formula is C9H15O. The molecule has 0 saturated carbocycles. The van der Waals surface area contributed by atoms with Crippen molar-refractivity contribution >= 4 is 6.29 Å². The lowest BCUT2D eigenvalue weighted by Crippen LogP contribution is -1.77. The van der Waals surface area contributed by atoms with Crippen LogP contribution in [0.15, 0.2) is 11.6 Å². The molecule has 0 atom stereocenters. The maximum Gasteiger partial charge on any atom is 0.228 e. The number of unbranched alkanes of at least 4 members (excludes halogenated alkanes) is 3. The first-order chi connectivity index (χ1) is 4.81. The van der Waals surface area contributed by atoms with E-state index < -0.39 is 0 Å². The van der Waals surface area contributed by atoms with E-state index >= 15 is 0 Å². The van der Waals surface area contributed by atoms with Gasteiger partial charge in [-0.25, -0.2) is 0 Å². The third-order valence-electron chi connectivity index (χ3n) is 1.42. The molecule has 0 fully saturated rings. The minimum Gasteiger partial charge on any atom is -0.285 e. The highest BCUT2D eigenvalue weighted by atomic mass is 16.1. The molecule has 0 rings (SSSR count). The first-order valence-corrected chi connectivity index (χ1v) is 3.86. The standard InChI is InChI=1S/C9H15O/c1-3-4-5-6-7-9(2)8-10/h7H,3-6H2,1-2H3. The molecule has 0 N–H and O–H groups in total. The van der Waals surface area contributed by atoms with Gasteiger partial charge in [-0.3, -0.25) is 4.79 Å². The monoisotopic (exact) mass is 139 g/mol.